The van der Waals surface area contributed by atoms with Crippen LogP contribution in [-0.2, 0) is 11.5 Å². The van der Waals surface area contributed by atoms with Gasteiger partial charge in [0.25, 0.3) is 0 Å². The fourth-order valence-corrected chi connectivity index (χ4v) is 8.38. The Morgan fingerprint density at radius 2 is 0.893 bits per heavy atom. The van der Waals surface area contributed by atoms with Crippen LogP contribution < -0.4 is 15.9 Å². The van der Waals surface area contributed by atoms with E-state index in [2.05, 4.69) is 131 Å². The molecule has 0 heterocycles. The average Bonchev–Trinajstić information content (AvgIpc) is 2.79. The van der Waals surface area contributed by atoms with Crippen LogP contribution in [0.4, 0.5) is 0 Å². The molecule has 28 heavy (non-hydrogen) atoms. The molecule has 0 amide bonds. The Balaban J connectivity index is 1.98. The third kappa shape index (κ3) is 3.83. The van der Waals surface area contributed by atoms with Gasteiger partial charge in [-0.15, -0.1) is 0 Å². The Bertz CT molecular complexity index is 957. The number of hydrogen-bond acceptors (Lipinski definition) is 0. The second-order valence-electron chi connectivity index (χ2n) is 6.92. The van der Waals surface area contributed by atoms with E-state index in [1.807, 2.05) is 0 Å². The lowest BCUT2D eigenvalue weighted by molar-refractivity contribution is 1.39. The zero-order valence-corrected chi connectivity index (χ0v) is 18.2. The highest BCUT2D eigenvalue weighted by atomic mass is 79.9. The van der Waals surface area contributed by atoms with Gasteiger partial charge in [0.1, 0.15) is 23.2 Å². The predicted molar refractivity (Wildman–Crippen MR) is 128 cm³/mol. The monoisotopic (exact) mass is 445 g/mol. The fraction of sp³-hybridized carbons (Fsp3) is 0.0769. The van der Waals surface area contributed by atoms with Crippen molar-refractivity contribution < 1.29 is 0 Å². The smallest absolute Gasteiger partial charge is 0.0876 e. The van der Waals surface area contributed by atoms with Crippen molar-refractivity contribution >= 4 is 39.1 Å². The van der Waals surface area contributed by atoms with Gasteiger partial charge in [0.15, 0.2) is 0 Å². The van der Waals surface area contributed by atoms with Gasteiger partial charge in [0, 0.05) is 5.33 Å². The first-order chi connectivity index (χ1) is 13.8. The minimum absolute atomic E-state index is 0.883. The molecule has 0 aliphatic heterocycles. The van der Waals surface area contributed by atoms with E-state index in [9.17, 15) is 0 Å². The zero-order valence-electron chi connectivity index (χ0n) is 15.7. The maximum atomic E-state index is 3.59. The highest BCUT2D eigenvalue weighted by molar-refractivity contribution is 9.08. The second-order valence-corrected chi connectivity index (χ2v) is 11.0. The normalized spacial score (nSPS) is 11.3. The molecule has 0 aliphatic rings. The molecule has 4 aromatic carbocycles. The summed E-state index contributed by atoms with van der Waals surface area (Å²) < 4.78 is 0. The van der Waals surface area contributed by atoms with Gasteiger partial charge in [-0.05, 0) is 47.5 Å². The van der Waals surface area contributed by atoms with E-state index in [0.717, 1.165) is 11.5 Å². The zero-order chi connectivity index (χ0) is 19.2. The van der Waals surface area contributed by atoms with Crippen LogP contribution in [0.2, 0.25) is 0 Å². The van der Waals surface area contributed by atoms with Crippen molar-refractivity contribution in [3.8, 4) is 0 Å². The lowest BCUT2D eigenvalue weighted by Crippen LogP contribution is -2.32. The molecule has 0 N–H and O–H groups in total. The van der Waals surface area contributed by atoms with Crippen molar-refractivity contribution in [1.82, 2.24) is 0 Å². The molecule has 0 aliphatic carbocycles. The summed E-state index contributed by atoms with van der Waals surface area (Å²) in [4.78, 5) is 0. The Kier molecular flexibility index (Phi) is 6.05. The molecule has 2 heteroatoms. The Morgan fingerprint density at radius 1 is 0.464 bits per heavy atom. The molecule has 0 spiro atoms. The Hall–Kier alpha value is -2.21. The maximum Gasteiger partial charge on any atom is 0.116 e. The molecule has 0 unspecified atom stereocenters. The third-order valence-electron chi connectivity index (χ3n) is 5.19. The van der Waals surface area contributed by atoms with E-state index < -0.39 is 7.26 Å². The first-order valence-electron chi connectivity index (χ1n) is 9.51. The summed E-state index contributed by atoms with van der Waals surface area (Å²) in [6.07, 6.45) is 1.02. The molecular weight excluding hydrogens is 423 g/mol. The number of alkyl halides is 1. The topological polar surface area (TPSA) is 0 Å². The lowest BCUT2D eigenvalue weighted by Gasteiger charge is -2.28. The van der Waals surface area contributed by atoms with Crippen LogP contribution >= 0.6 is 23.2 Å². The van der Waals surface area contributed by atoms with Crippen LogP contribution in [-0.4, -0.2) is 0 Å². The SMILES string of the molecule is BrCc1ccc([P+](Cc2ccccc2)(c2ccccc2)c2ccccc2)cc1. The van der Waals surface area contributed by atoms with Gasteiger partial charge >= 0.3 is 0 Å². The first-order valence-corrected chi connectivity index (χ1v) is 12.6. The molecule has 0 saturated heterocycles. The third-order valence-corrected chi connectivity index (χ3v) is 10.2. The van der Waals surface area contributed by atoms with Crippen molar-refractivity contribution in [3.05, 3.63) is 126 Å². The molecule has 0 nitrogen and oxygen atoms in total. The number of rotatable bonds is 6. The second kappa shape index (κ2) is 8.86. The van der Waals surface area contributed by atoms with E-state index in [0.29, 0.717) is 0 Å². The standard InChI is InChI=1S/C26H23BrP/c27-20-22-16-18-26(19-17-22)28(24-12-6-2-7-13-24,25-14-8-3-9-15-25)21-23-10-4-1-5-11-23/h1-19H,20-21H2/q+1. The van der Waals surface area contributed by atoms with E-state index in [1.54, 1.807) is 0 Å². The maximum absolute atomic E-state index is 3.59. The van der Waals surface area contributed by atoms with Gasteiger partial charge < -0.3 is 0 Å². The fourth-order valence-electron chi connectivity index (χ4n) is 3.78. The molecular formula is C26H23BrP+. The van der Waals surface area contributed by atoms with Crippen LogP contribution in [0.25, 0.3) is 0 Å². The molecule has 0 atom stereocenters. The summed E-state index contributed by atoms with van der Waals surface area (Å²) in [6.45, 7) is 0. The summed E-state index contributed by atoms with van der Waals surface area (Å²) in [6, 6.07) is 42.2. The van der Waals surface area contributed by atoms with E-state index in [-0.39, 0.29) is 0 Å². The number of benzene rings is 4. The molecule has 4 aromatic rings. The Morgan fingerprint density at radius 3 is 1.36 bits per heavy atom. The van der Waals surface area contributed by atoms with Gasteiger partial charge in [0.05, 0.1) is 6.16 Å². The van der Waals surface area contributed by atoms with Crippen molar-refractivity contribution in [2.24, 2.45) is 0 Å². The van der Waals surface area contributed by atoms with Crippen LogP contribution in [0, 0.1) is 0 Å². The highest BCUT2D eigenvalue weighted by Crippen LogP contribution is 2.58. The molecule has 138 valence electrons. The summed E-state index contributed by atoms with van der Waals surface area (Å²) in [5, 5.41) is 5.17. The number of halogens is 1. The molecule has 0 fully saturated rings. The van der Waals surface area contributed by atoms with E-state index in [1.165, 1.54) is 27.0 Å². The molecule has 0 bridgehead atoms. The van der Waals surface area contributed by atoms with Gasteiger partial charge in [-0.25, -0.2) is 0 Å². The van der Waals surface area contributed by atoms with Crippen molar-refractivity contribution in [3.63, 3.8) is 0 Å². The average molecular weight is 446 g/mol. The van der Waals surface area contributed by atoms with Crippen LogP contribution in [0.15, 0.2) is 115 Å². The van der Waals surface area contributed by atoms with Crippen LogP contribution in [0.1, 0.15) is 11.1 Å². The summed E-state index contributed by atoms with van der Waals surface area (Å²) in [5.74, 6) is 0. The molecule has 0 radical (unpaired) electrons. The van der Waals surface area contributed by atoms with Crippen LogP contribution in [0.5, 0.6) is 0 Å². The van der Waals surface area contributed by atoms with Gasteiger partial charge in [-0.2, -0.15) is 0 Å². The van der Waals surface area contributed by atoms with Gasteiger partial charge in [-0.1, -0.05) is 94.8 Å². The van der Waals surface area contributed by atoms with Gasteiger partial charge in [-0.3, -0.25) is 0 Å². The van der Waals surface area contributed by atoms with E-state index in [4.69, 9.17) is 0 Å². The minimum atomic E-state index is -1.82. The number of hydrogen-bond donors (Lipinski definition) is 0. The van der Waals surface area contributed by atoms with Crippen molar-refractivity contribution in [2.45, 2.75) is 11.5 Å². The minimum Gasteiger partial charge on any atom is -0.0876 e. The summed E-state index contributed by atoms with van der Waals surface area (Å²) in [5.41, 5.74) is 2.69. The van der Waals surface area contributed by atoms with Gasteiger partial charge in [0.2, 0.25) is 0 Å². The van der Waals surface area contributed by atoms with Crippen molar-refractivity contribution in [2.75, 3.05) is 0 Å². The molecule has 4 rings (SSSR count). The Labute approximate surface area is 176 Å². The molecule has 0 aromatic heterocycles. The summed E-state index contributed by atoms with van der Waals surface area (Å²) >= 11 is 3.59. The molecule has 0 saturated carbocycles. The predicted octanol–water partition coefficient (Wildman–Crippen LogP) is 6.08. The highest BCUT2D eigenvalue weighted by Gasteiger charge is 2.45. The van der Waals surface area contributed by atoms with Crippen LogP contribution in [0.3, 0.4) is 0 Å². The largest absolute Gasteiger partial charge is 0.116 e. The van der Waals surface area contributed by atoms with E-state index >= 15 is 0 Å². The summed E-state index contributed by atoms with van der Waals surface area (Å²) in [7, 11) is -1.82. The lowest BCUT2D eigenvalue weighted by atomic mass is 10.2. The first kappa shape index (κ1) is 19.1. The van der Waals surface area contributed by atoms with Crippen molar-refractivity contribution in [1.29, 1.82) is 0 Å². The quantitative estimate of drug-likeness (QED) is 0.249.